The second-order valence-electron chi connectivity index (χ2n) is 7.70. The molecule has 5 rings (SSSR count). The lowest BCUT2D eigenvalue weighted by molar-refractivity contribution is 0.215. The summed E-state index contributed by atoms with van der Waals surface area (Å²) in [6.07, 6.45) is 4.73. The minimum atomic E-state index is 0.0629. The highest BCUT2D eigenvalue weighted by Crippen LogP contribution is 2.38. The van der Waals surface area contributed by atoms with Crippen LogP contribution in [0.2, 0.25) is 0 Å². The Balaban J connectivity index is 1.38. The third-order valence-electron chi connectivity index (χ3n) is 6.00. The Morgan fingerprint density at radius 3 is 2.60 bits per heavy atom. The van der Waals surface area contributed by atoms with Gasteiger partial charge < -0.3 is 9.80 Å². The number of nitrogens with one attached hydrogen (secondary N) is 1. The summed E-state index contributed by atoms with van der Waals surface area (Å²) in [5.41, 5.74) is 4.75. The number of rotatable bonds is 2. The van der Waals surface area contributed by atoms with E-state index in [4.69, 9.17) is 5.26 Å². The largest absolute Gasteiger partial charge is 0.338 e. The molecule has 0 unspecified atom stereocenters. The first-order valence-electron chi connectivity index (χ1n) is 10.2. The normalized spacial score (nSPS) is 18.2. The number of benzene rings is 2. The molecule has 2 aromatic carbocycles. The fourth-order valence-corrected chi connectivity index (χ4v) is 4.41. The van der Waals surface area contributed by atoms with Crippen LogP contribution in [0.25, 0.3) is 0 Å². The molecule has 0 radical (unpaired) electrons. The summed E-state index contributed by atoms with van der Waals surface area (Å²) in [5.74, 6) is 0.336. The zero-order valence-electron chi connectivity index (χ0n) is 16.5. The third kappa shape index (κ3) is 3.16. The predicted molar refractivity (Wildman–Crippen MR) is 115 cm³/mol. The first-order valence-corrected chi connectivity index (χ1v) is 10.2. The van der Waals surface area contributed by atoms with E-state index < -0.39 is 0 Å². The average molecular weight is 398 g/mol. The number of hydrogen-bond acceptors (Lipinski definition) is 4. The Morgan fingerprint density at radius 1 is 1.07 bits per heavy atom. The highest BCUT2D eigenvalue weighted by Gasteiger charge is 2.34. The van der Waals surface area contributed by atoms with Crippen molar-refractivity contribution in [1.82, 2.24) is 15.1 Å². The molecular weight excluding hydrogens is 376 g/mol. The molecule has 7 heteroatoms. The summed E-state index contributed by atoms with van der Waals surface area (Å²) in [4.78, 5) is 19.4. The van der Waals surface area contributed by atoms with Gasteiger partial charge in [0.1, 0.15) is 0 Å². The van der Waals surface area contributed by atoms with Gasteiger partial charge in [0.2, 0.25) is 0 Å². The fraction of sp³-hybridized carbons (Fsp3) is 0.261. The summed E-state index contributed by atoms with van der Waals surface area (Å²) in [6, 6.07) is 17.8. The Bertz CT molecular complexity index is 1090. The van der Waals surface area contributed by atoms with Crippen molar-refractivity contribution in [2.45, 2.75) is 12.3 Å². The van der Waals surface area contributed by atoms with E-state index in [9.17, 15) is 4.79 Å². The Kier molecular flexibility index (Phi) is 4.60. The van der Waals surface area contributed by atoms with E-state index in [1.807, 2.05) is 70.7 Å². The van der Waals surface area contributed by atoms with Gasteiger partial charge in [-0.1, -0.05) is 12.1 Å². The topological polar surface area (TPSA) is 79.3 Å². The molecule has 1 atom stereocenters. The molecule has 3 heterocycles. The number of amides is 2. The van der Waals surface area contributed by atoms with Crippen LogP contribution in [-0.4, -0.2) is 47.3 Å². The van der Waals surface area contributed by atoms with E-state index in [0.717, 1.165) is 42.1 Å². The predicted octanol–water partition coefficient (Wildman–Crippen LogP) is 3.85. The Hall–Kier alpha value is -3.79. The van der Waals surface area contributed by atoms with Gasteiger partial charge in [-0.3, -0.25) is 10.00 Å². The summed E-state index contributed by atoms with van der Waals surface area (Å²) < 4.78 is 0. The first-order chi connectivity index (χ1) is 14.7. The number of nitriles is 1. The lowest BCUT2D eigenvalue weighted by Crippen LogP contribution is -2.48. The number of aromatic nitrogens is 2. The number of nitrogens with zero attached hydrogens (tertiary/aromatic N) is 5. The smallest absolute Gasteiger partial charge is 0.324 e. The molecule has 1 fully saturated rings. The van der Waals surface area contributed by atoms with Gasteiger partial charge in [-0.05, 0) is 48.4 Å². The number of aromatic amines is 1. The maximum absolute atomic E-state index is 13.4. The monoisotopic (exact) mass is 398 g/mol. The molecule has 2 amide bonds. The number of carbonyl (C=O) groups is 1. The minimum Gasteiger partial charge on any atom is -0.338 e. The molecule has 0 saturated carbocycles. The van der Waals surface area contributed by atoms with Gasteiger partial charge in [-0.2, -0.15) is 10.4 Å². The number of likely N-dealkylation sites (tertiary alicyclic amines) is 1. The standard InChI is InChI=1S/C23H22N6O/c24-13-17-5-7-20(8-6-17)28-11-12-29(22-4-2-1-3-21(22)28)23(30)27-10-9-18(16-27)19-14-25-26-15-19/h1-8,14-15,18H,9-12,16H2,(H,25,26)/t18-/m1/s1. The van der Waals surface area contributed by atoms with Crippen molar-refractivity contribution in [1.29, 1.82) is 5.26 Å². The van der Waals surface area contributed by atoms with Crippen molar-refractivity contribution in [2.24, 2.45) is 0 Å². The van der Waals surface area contributed by atoms with E-state index in [0.29, 0.717) is 24.6 Å². The van der Waals surface area contributed by atoms with Crippen LogP contribution in [-0.2, 0) is 0 Å². The van der Waals surface area contributed by atoms with Gasteiger partial charge in [0.25, 0.3) is 0 Å². The zero-order chi connectivity index (χ0) is 20.5. The van der Waals surface area contributed by atoms with Crippen molar-refractivity contribution < 1.29 is 4.79 Å². The number of carbonyl (C=O) groups excluding carboxylic acids is 1. The van der Waals surface area contributed by atoms with Crippen LogP contribution in [0.15, 0.2) is 60.9 Å². The summed E-state index contributed by atoms with van der Waals surface area (Å²) in [6.45, 7) is 2.79. The van der Waals surface area contributed by atoms with E-state index >= 15 is 0 Å². The van der Waals surface area contributed by atoms with Crippen LogP contribution >= 0.6 is 0 Å². The molecular formula is C23H22N6O. The van der Waals surface area contributed by atoms with Crippen molar-refractivity contribution in [3.63, 3.8) is 0 Å². The molecule has 7 nitrogen and oxygen atoms in total. The van der Waals surface area contributed by atoms with Crippen LogP contribution in [0.4, 0.5) is 21.9 Å². The molecule has 30 heavy (non-hydrogen) atoms. The van der Waals surface area contributed by atoms with Gasteiger partial charge >= 0.3 is 6.03 Å². The molecule has 1 aromatic heterocycles. The van der Waals surface area contributed by atoms with E-state index in [1.54, 1.807) is 0 Å². The van der Waals surface area contributed by atoms with Crippen LogP contribution in [0.1, 0.15) is 23.5 Å². The second kappa shape index (κ2) is 7.56. The molecule has 0 spiro atoms. The van der Waals surface area contributed by atoms with Crippen molar-refractivity contribution >= 4 is 23.1 Å². The van der Waals surface area contributed by atoms with Gasteiger partial charge in [-0.25, -0.2) is 4.79 Å². The van der Waals surface area contributed by atoms with Gasteiger partial charge in [0.05, 0.1) is 29.2 Å². The van der Waals surface area contributed by atoms with E-state index in [2.05, 4.69) is 21.2 Å². The van der Waals surface area contributed by atoms with Crippen LogP contribution in [0.3, 0.4) is 0 Å². The zero-order valence-corrected chi connectivity index (χ0v) is 16.5. The molecule has 2 aliphatic heterocycles. The fourth-order valence-electron chi connectivity index (χ4n) is 4.41. The van der Waals surface area contributed by atoms with Crippen molar-refractivity contribution in [2.75, 3.05) is 36.0 Å². The minimum absolute atomic E-state index is 0.0629. The highest BCUT2D eigenvalue weighted by molar-refractivity contribution is 5.98. The number of hydrogen-bond donors (Lipinski definition) is 1. The molecule has 1 saturated heterocycles. The molecule has 1 N–H and O–H groups in total. The number of urea groups is 1. The van der Waals surface area contributed by atoms with E-state index in [1.165, 1.54) is 0 Å². The summed E-state index contributed by atoms with van der Waals surface area (Å²) in [7, 11) is 0. The van der Waals surface area contributed by atoms with Gasteiger partial charge in [-0.15, -0.1) is 0 Å². The Labute approximate surface area is 175 Å². The number of anilines is 3. The van der Waals surface area contributed by atoms with Gasteiger partial charge in [0, 0.05) is 44.0 Å². The maximum atomic E-state index is 13.4. The quantitative estimate of drug-likeness (QED) is 0.711. The van der Waals surface area contributed by atoms with Crippen LogP contribution in [0.5, 0.6) is 0 Å². The maximum Gasteiger partial charge on any atom is 0.324 e. The number of fused-ring (bicyclic) bond motifs is 1. The summed E-state index contributed by atoms with van der Waals surface area (Å²) >= 11 is 0. The van der Waals surface area contributed by atoms with E-state index in [-0.39, 0.29) is 6.03 Å². The van der Waals surface area contributed by atoms with Crippen molar-refractivity contribution in [3.8, 4) is 6.07 Å². The summed E-state index contributed by atoms with van der Waals surface area (Å²) in [5, 5.41) is 16.0. The molecule has 2 aliphatic rings. The number of H-pyrrole nitrogens is 1. The van der Waals surface area contributed by atoms with Crippen molar-refractivity contribution in [3.05, 3.63) is 72.1 Å². The van der Waals surface area contributed by atoms with Crippen LogP contribution in [0, 0.1) is 11.3 Å². The average Bonchev–Trinajstić information content (AvgIpc) is 3.50. The molecule has 0 aliphatic carbocycles. The van der Waals surface area contributed by atoms with Gasteiger partial charge in [0.15, 0.2) is 0 Å². The SMILES string of the molecule is N#Cc1ccc(N2CCN(C(=O)N3CC[C@@H](c4cn[nH]c4)C3)c3ccccc32)cc1. The second-order valence-corrected chi connectivity index (χ2v) is 7.70. The Morgan fingerprint density at radius 2 is 1.87 bits per heavy atom. The molecule has 3 aromatic rings. The lowest BCUT2D eigenvalue weighted by atomic mass is 10.0. The molecule has 0 bridgehead atoms. The highest BCUT2D eigenvalue weighted by atomic mass is 16.2. The molecule has 150 valence electrons. The lowest BCUT2D eigenvalue weighted by Gasteiger charge is -2.39. The third-order valence-corrected chi connectivity index (χ3v) is 6.00. The first kappa shape index (κ1) is 18.3. The van der Waals surface area contributed by atoms with Crippen LogP contribution < -0.4 is 9.80 Å². The number of para-hydroxylation sites is 2.